The third-order valence-corrected chi connectivity index (χ3v) is 3.12. The summed E-state index contributed by atoms with van der Waals surface area (Å²) in [6, 6.07) is 0. The summed E-state index contributed by atoms with van der Waals surface area (Å²) in [5.74, 6) is -0.107. The van der Waals surface area contributed by atoms with Crippen molar-refractivity contribution >= 4 is 5.91 Å². The Bertz CT molecular complexity index is 266. The highest BCUT2D eigenvalue weighted by Gasteiger charge is 2.14. The third kappa shape index (κ3) is 8.01. The molecule has 0 fully saturated rings. The number of unbranched alkanes of at least 4 members (excludes halogenated alkanes) is 2. The van der Waals surface area contributed by atoms with Crippen molar-refractivity contribution in [2.24, 2.45) is 0 Å². The highest BCUT2D eigenvalue weighted by molar-refractivity contribution is 5.87. The van der Waals surface area contributed by atoms with Gasteiger partial charge in [0.2, 0.25) is 5.91 Å². The first kappa shape index (κ1) is 18.1. The number of amides is 1. The lowest BCUT2D eigenvalue weighted by Gasteiger charge is -2.18. The van der Waals surface area contributed by atoms with Crippen LogP contribution in [0.5, 0.6) is 0 Å². The van der Waals surface area contributed by atoms with Gasteiger partial charge >= 0.3 is 0 Å². The van der Waals surface area contributed by atoms with Gasteiger partial charge in [-0.25, -0.2) is 0 Å². The molecule has 19 heavy (non-hydrogen) atoms. The summed E-state index contributed by atoms with van der Waals surface area (Å²) >= 11 is 0. The normalized spacial score (nSPS) is 14.6. The van der Waals surface area contributed by atoms with Gasteiger partial charge in [0.1, 0.15) is 0 Å². The first-order valence-electron chi connectivity index (χ1n) is 7.39. The average Bonchev–Trinajstić information content (AvgIpc) is 2.41. The van der Waals surface area contributed by atoms with Crippen LogP contribution in [0.1, 0.15) is 52.9 Å². The smallest absolute Gasteiger partial charge is 0.246 e. The number of carbonyl (C=O) groups excluding carboxylic acids is 1. The zero-order valence-corrected chi connectivity index (χ0v) is 12.5. The molecule has 0 aromatic carbocycles. The van der Waals surface area contributed by atoms with Crippen molar-refractivity contribution in [3.8, 4) is 0 Å². The molecular formula is C15H29NO3. The molecule has 0 aliphatic carbocycles. The average molecular weight is 271 g/mol. The fourth-order valence-corrected chi connectivity index (χ4v) is 1.88. The molecule has 0 aromatic heterocycles. The Hall–Kier alpha value is -0.870. The van der Waals surface area contributed by atoms with Crippen LogP contribution in [-0.4, -0.2) is 46.3 Å². The lowest BCUT2D eigenvalue weighted by atomic mass is 10.1. The van der Waals surface area contributed by atoms with Crippen molar-refractivity contribution in [2.45, 2.75) is 65.1 Å². The Balaban J connectivity index is 4.17. The van der Waals surface area contributed by atoms with E-state index < -0.39 is 12.2 Å². The number of aliphatic hydroxyl groups excluding tert-OH is 2. The van der Waals surface area contributed by atoms with Crippen molar-refractivity contribution in [1.82, 2.24) is 4.90 Å². The highest BCUT2D eigenvalue weighted by atomic mass is 16.3. The van der Waals surface area contributed by atoms with Crippen molar-refractivity contribution in [2.75, 3.05) is 13.1 Å². The Kier molecular flexibility index (Phi) is 10.5. The van der Waals surface area contributed by atoms with Crippen molar-refractivity contribution < 1.29 is 15.0 Å². The van der Waals surface area contributed by atoms with Crippen LogP contribution in [0.2, 0.25) is 0 Å². The molecule has 0 radical (unpaired) electrons. The molecular weight excluding hydrogens is 242 g/mol. The molecule has 0 saturated heterocycles. The lowest BCUT2D eigenvalue weighted by Crippen LogP contribution is -2.31. The van der Waals surface area contributed by atoms with Crippen LogP contribution in [0, 0.1) is 0 Å². The SMILES string of the molecule is CCCCC[C@@H](O)[C@@H](O)/C=C/C(=O)N(CC)CCC. The van der Waals surface area contributed by atoms with Gasteiger partial charge in [0.05, 0.1) is 12.2 Å². The van der Waals surface area contributed by atoms with E-state index in [0.717, 1.165) is 32.2 Å². The lowest BCUT2D eigenvalue weighted by molar-refractivity contribution is -0.125. The minimum atomic E-state index is -0.957. The summed E-state index contributed by atoms with van der Waals surface area (Å²) in [6.07, 6.45) is 5.54. The molecule has 0 aliphatic heterocycles. The largest absolute Gasteiger partial charge is 0.390 e. The van der Waals surface area contributed by atoms with Crippen LogP contribution in [0.3, 0.4) is 0 Å². The molecule has 0 saturated carbocycles. The maximum atomic E-state index is 11.8. The maximum absolute atomic E-state index is 11.8. The number of rotatable bonds is 10. The third-order valence-electron chi connectivity index (χ3n) is 3.12. The summed E-state index contributed by atoms with van der Waals surface area (Å²) in [4.78, 5) is 13.5. The standard InChI is InChI=1S/C15H29NO3/c1-4-7-8-9-13(17)14(18)10-11-15(19)16(6-3)12-5-2/h10-11,13-14,17-18H,4-9,12H2,1-3H3/b11-10+/t13-,14+/m1/s1. The zero-order valence-electron chi connectivity index (χ0n) is 12.5. The van der Waals surface area contributed by atoms with Gasteiger partial charge in [-0.1, -0.05) is 33.1 Å². The van der Waals surface area contributed by atoms with Crippen molar-refractivity contribution in [3.63, 3.8) is 0 Å². The summed E-state index contributed by atoms with van der Waals surface area (Å²) in [7, 11) is 0. The Labute approximate surface area is 117 Å². The highest BCUT2D eigenvalue weighted by Crippen LogP contribution is 2.08. The molecule has 112 valence electrons. The first-order valence-corrected chi connectivity index (χ1v) is 7.39. The van der Waals surface area contributed by atoms with E-state index in [1.165, 1.54) is 12.2 Å². The molecule has 2 N–H and O–H groups in total. The molecule has 0 aliphatic rings. The van der Waals surface area contributed by atoms with E-state index in [1.807, 2.05) is 13.8 Å². The summed E-state index contributed by atoms with van der Waals surface area (Å²) in [5, 5.41) is 19.5. The number of hydrogen-bond donors (Lipinski definition) is 2. The molecule has 0 bridgehead atoms. The Morgan fingerprint density at radius 2 is 1.84 bits per heavy atom. The van der Waals surface area contributed by atoms with Gasteiger partial charge in [0, 0.05) is 19.2 Å². The minimum absolute atomic E-state index is 0.107. The summed E-state index contributed by atoms with van der Waals surface area (Å²) < 4.78 is 0. The quantitative estimate of drug-likeness (QED) is 0.472. The molecule has 0 aromatic rings. The van der Waals surface area contributed by atoms with E-state index in [4.69, 9.17) is 0 Å². The number of nitrogens with zero attached hydrogens (tertiary/aromatic N) is 1. The van der Waals surface area contributed by atoms with Crippen LogP contribution in [-0.2, 0) is 4.79 Å². The van der Waals surface area contributed by atoms with Crippen LogP contribution in [0.25, 0.3) is 0 Å². The first-order chi connectivity index (χ1) is 9.06. The topological polar surface area (TPSA) is 60.8 Å². The van der Waals surface area contributed by atoms with Crippen molar-refractivity contribution in [3.05, 3.63) is 12.2 Å². The van der Waals surface area contributed by atoms with E-state index in [9.17, 15) is 15.0 Å². The van der Waals surface area contributed by atoms with Gasteiger partial charge in [0.25, 0.3) is 0 Å². The van der Waals surface area contributed by atoms with Crippen molar-refractivity contribution in [1.29, 1.82) is 0 Å². The summed E-state index contributed by atoms with van der Waals surface area (Å²) in [6.45, 7) is 7.42. The molecule has 0 rings (SSSR count). The number of carbonyl (C=O) groups is 1. The Morgan fingerprint density at radius 1 is 1.16 bits per heavy atom. The molecule has 4 nitrogen and oxygen atoms in total. The summed E-state index contributed by atoms with van der Waals surface area (Å²) in [5.41, 5.74) is 0. The molecule has 1 amide bonds. The van der Waals surface area contributed by atoms with Gasteiger partial charge in [0.15, 0.2) is 0 Å². The fourth-order valence-electron chi connectivity index (χ4n) is 1.88. The molecule has 2 atom stereocenters. The Morgan fingerprint density at radius 3 is 2.37 bits per heavy atom. The second-order valence-electron chi connectivity index (χ2n) is 4.83. The predicted molar refractivity (Wildman–Crippen MR) is 77.8 cm³/mol. The van der Waals surface area contributed by atoms with Crippen LogP contribution < -0.4 is 0 Å². The van der Waals surface area contributed by atoms with E-state index in [0.29, 0.717) is 13.0 Å². The monoisotopic (exact) mass is 271 g/mol. The van der Waals surface area contributed by atoms with E-state index >= 15 is 0 Å². The molecule has 0 spiro atoms. The maximum Gasteiger partial charge on any atom is 0.246 e. The van der Waals surface area contributed by atoms with E-state index in [2.05, 4.69) is 6.92 Å². The minimum Gasteiger partial charge on any atom is -0.390 e. The van der Waals surface area contributed by atoms with Gasteiger partial charge in [-0.3, -0.25) is 4.79 Å². The number of hydrogen-bond acceptors (Lipinski definition) is 3. The second-order valence-corrected chi connectivity index (χ2v) is 4.83. The molecule has 0 heterocycles. The van der Waals surface area contributed by atoms with Crippen LogP contribution >= 0.6 is 0 Å². The van der Waals surface area contributed by atoms with Gasteiger partial charge < -0.3 is 15.1 Å². The fraction of sp³-hybridized carbons (Fsp3) is 0.800. The zero-order chi connectivity index (χ0) is 14.7. The van der Waals surface area contributed by atoms with Crippen LogP contribution in [0.15, 0.2) is 12.2 Å². The number of aliphatic hydroxyl groups is 2. The molecule has 4 heteroatoms. The van der Waals surface area contributed by atoms with E-state index in [1.54, 1.807) is 4.90 Å². The second kappa shape index (κ2) is 11.0. The number of likely N-dealkylation sites (N-methyl/N-ethyl adjacent to an activating group) is 1. The van der Waals surface area contributed by atoms with Gasteiger partial charge in [-0.15, -0.1) is 0 Å². The van der Waals surface area contributed by atoms with Crippen LogP contribution in [0.4, 0.5) is 0 Å². The molecule has 0 unspecified atom stereocenters. The van der Waals surface area contributed by atoms with Gasteiger partial charge in [-0.05, 0) is 25.8 Å². The van der Waals surface area contributed by atoms with Gasteiger partial charge in [-0.2, -0.15) is 0 Å². The van der Waals surface area contributed by atoms with E-state index in [-0.39, 0.29) is 5.91 Å². The predicted octanol–water partition coefficient (Wildman–Crippen LogP) is 2.10.